The van der Waals surface area contributed by atoms with Crippen LogP contribution in [0.4, 0.5) is 0 Å². The monoisotopic (exact) mass is 208 g/mol. The topological polar surface area (TPSA) is 22.4 Å². The summed E-state index contributed by atoms with van der Waals surface area (Å²) in [6.45, 7) is 1.54. The maximum atomic E-state index is 5.89. The fourth-order valence-corrected chi connectivity index (χ4v) is 1.82. The summed E-state index contributed by atoms with van der Waals surface area (Å²) in [5.41, 5.74) is 0.899. The van der Waals surface area contributed by atoms with Gasteiger partial charge < -0.3 is 9.15 Å². The second-order valence-electron chi connectivity index (χ2n) is 3.57. The van der Waals surface area contributed by atoms with Crippen molar-refractivity contribution in [1.82, 2.24) is 0 Å². The first kappa shape index (κ1) is 8.33. The van der Waals surface area contributed by atoms with Crippen molar-refractivity contribution >= 4 is 22.6 Å². The summed E-state index contributed by atoms with van der Waals surface area (Å²) >= 11 is 5.89. The highest BCUT2D eigenvalue weighted by Crippen LogP contribution is 2.30. The Hall–Kier alpha value is -0.990. The van der Waals surface area contributed by atoms with Gasteiger partial charge >= 0.3 is 0 Å². The summed E-state index contributed by atoms with van der Waals surface area (Å²) in [5.74, 6) is 1.44. The average molecular weight is 209 g/mol. The van der Waals surface area contributed by atoms with Crippen molar-refractivity contribution in [3.63, 3.8) is 0 Å². The summed E-state index contributed by atoms with van der Waals surface area (Å²) in [4.78, 5) is 0. The Morgan fingerprint density at radius 1 is 1.21 bits per heavy atom. The summed E-state index contributed by atoms with van der Waals surface area (Å²) < 4.78 is 10.8. The molecule has 72 valence electrons. The molecule has 1 aromatic carbocycles. The lowest BCUT2D eigenvalue weighted by Gasteiger charge is -2.23. The molecule has 3 rings (SSSR count). The average Bonchev–Trinajstić information content (AvgIpc) is 2.43. The quantitative estimate of drug-likeness (QED) is 0.718. The third kappa shape index (κ3) is 1.22. The van der Waals surface area contributed by atoms with E-state index in [9.17, 15) is 0 Å². The molecule has 0 unspecified atom stereocenters. The molecule has 0 atom stereocenters. The van der Waals surface area contributed by atoms with Gasteiger partial charge in [-0.05, 0) is 24.3 Å². The molecule has 1 aliphatic rings. The molecule has 0 saturated carbocycles. The molecule has 2 heterocycles. The maximum Gasteiger partial charge on any atom is 0.134 e. The van der Waals surface area contributed by atoms with E-state index < -0.39 is 0 Å². The number of furan rings is 1. The first-order valence-corrected chi connectivity index (χ1v) is 4.97. The van der Waals surface area contributed by atoms with Gasteiger partial charge in [0.15, 0.2) is 0 Å². The third-order valence-corrected chi connectivity index (χ3v) is 2.77. The summed E-state index contributed by atoms with van der Waals surface area (Å²) in [5, 5.41) is 1.81. The minimum atomic E-state index is 0.432. The highest BCUT2D eigenvalue weighted by molar-refractivity contribution is 6.31. The SMILES string of the molecule is Clc1ccc2oc(C3COC3)cc2c1. The van der Waals surface area contributed by atoms with Gasteiger partial charge in [0.25, 0.3) is 0 Å². The first-order valence-electron chi connectivity index (χ1n) is 4.60. The number of halogens is 1. The zero-order valence-corrected chi connectivity index (χ0v) is 8.25. The van der Waals surface area contributed by atoms with E-state index in [1.807, 2.05) is 18.2 Å². The molecule has 3 heteroatoms. The van der Waals surface area contributed by atoms with Gasteiger partial charge in [-0.1, -0.05) is 11.6 Å². The van der Waals surface area contributed by atoms with E-state index in [0.717, 1.165) is 35.0 Å². The van der Waals surface area contributed by atoms with Crippen molar-refractivity contribution in [2.45, 2.75) is 5.92 Å². The molecular weight excluding hydrogens is 200 g/mol. The highest BCUT2D eigenvalue weighted by Gasteiger charge is 2.24. The van der Waals surface area contributed by atoms with Gasteiger partial charge in [0, 0.05) is 10.4 Å². The standard InChI is InChI=1S/C11H9ClO2/c12-9-1-2-10-7(3-9)4-11(14-10)8-5-13-6-8/h1-4,8H,5-6H2. The van der Waals surface area contributed by atoms with E-state index >= 15 is 0 Å². The summed E-state index contributed by atoms with van der Waals surface area (Å²) in [6, 6.07) is 7.72. The first-order chi connectivity index (χ1) is 6.83. The van der Waals surface area contributed by atoms with Crippen LogP contribution in [0.1, 0.15) is 11.7 Å². The molecule has 0 N–H and O–H groups in total. The molecule has 14 heavy (non-hydrogen) atoms. The van der Waals surface area contributed by atoms with Gasteiger partial charge in [0.05, 0.1) is 19.1 Å². The maximum absolute atomic E-state index is 5.89. The normalized spacial score (nSPS) is 17.2. The number of fused-ring (bicyclic) bond motifs is 1. The van der Waals surface area contributed by atoms with Crippen molar-refractivity contribution in [2.75, 3.05) is 13.2 Å². The second kappa shape index (κ2) is 3.01. The fourth-order valence-electron chi connectivity index (χ4n) is 1.64. The molecular formula is C11H9ClO2. The minimum Gasteiger partial charge on any atom is -0.461 e. The van der Waals surface area contributed by atoms with Crippen LogP contribution < -0.4 is 0 Å². The third-order valence-electron chi connectivity index (χ3n) is 2.54. The Morgan fingerprint density at radius 3 is 2.79 bits per heavy atom. The molecule has 1 aromatic heterocycles. The minimum absolute atomic E-state index is 0.432. The second-order valence-corrected chi connectivity index (χ2v) is 4.00. The van der Waals surface area contributed by atoms with Gasteiger partial charge in [-0.15, -0.1) is 0 Å². The van der Waals surface area contributed by atoms with E-state index in [1.165, 1.54) is 0 Å². The van der Waals surface area contributed by atoms with Crippen LogP contribution in [0.2, 0.25) is 5.02 Å². The Kier molecular flexibility index (Phi) is 1.79. The van der Waals surface area contributed by atoms with Gasteiger partial charge in [-0.2, -0.15) is 0 Å². The Bertz CT molecular complexity index is 471. The molecule has 0 bridgehead atoms. The van der Waals surface area contributed by atoms with Crippen LogP contribution in [-0.4, -0.2) is 13.2 Å². The van der Waals surface area contributed by atoms with E-state index in [4.69, 9.17) is 20.8 Å². The predicted octanol–water partition coefficient (Wildman–Crippen LogP) is 3.20. The van der Waals surface area contributed by atoms with Crippen LogP contribution in [-0.2, 0) is 4.74 Å². The fraction of sp³-hybridized carbons (Fsp3) is 0.273. The van der Waals surface area contributed by atoms with E-state index in [1.54, 1.807) is 0 Å². The number of benzene rings is 1. The van der Waals surface area contributed by atoms with Gasteiger partial charge in [0.2, 0.25) is 0 Å². The molecule has 1 saturated heterocycles. The van der Waals surface area contributed by atoms with Crippen molar-refractivity contribution in [3.05, 3.63) is 35.0 Å². The van der Waals surface area contributed by atoms with E-state index in [0.29, 0.717) is 5.92 Å². The van der Waals surface area contributed by atoms with Gasteiger partial charge in [0.1, 0.15) is 11.3 Å². The molecule has 1 aliphatic heterocycles. The van der Waals surface area contributed by atoms with E-state index in [-0.39, 0.29) is 0 Å². The Labute approximate surface area is 86.4 Å². The summed E-state index contributed by atoms with van der Waals surface area (Å²) in [6.07, 6.45) is 0. The molecule has 2 nitrogen and oxygen atoms in total. The van der Waals surface area contributed by atoms with Crippen molar-refractivity contribution in [3.8, 4) is 0 Å². The smallest absolute Gasteiger partial charge is 0.134 e. The molecule has 0 spiro atoms. The van der Waals surface area contributed by atoms with Crippen LogP contribution in [0.25, 0.3) is 11.0 Å². The van der Waals surface area contributed by atoms with Crippen LogP contribution in [0.15, 0.2) is 28.7 Å². The van der Waals surface area contributed by atoms with Crippen LogP contribution in [0.3, 0.4) is 0 Å². The summed E-state index contributed by atoms with van der Waals surface area (Å²) in [7, 11) is 0. The Morgan fingerprint density at radius 2 is 2.07 bits per heavy atom. The van der Waals surface area contributed by atoms with Crippen LogP contribution in [0, 0.1) is 0 Å². The number of hydrogen-bond acceptors (Lipinski definition) is 2. The molecule has 0 aliphatic carbocycles. The van der Waals surface area contributed by atoms with Crippen LogP contribution in [0.5, 0.6) is 0 Å². The van der Waals surface area contributed by atoms with Crippen molar-refractivity contribution in [1.29, 1.82) is 0 Å². The zero-order valence-electron chi connectivity index (χ0n) is 7.50. The van der Waals surface area contributed by atoms with Gasteiger partial charge in [-0.3, -0.25) is 0 Å². The lowest BCUT2D eigenvalue weighted by molar-refractivity contribution is 0.000474. The largest absolute Gasteiger partial charge is 0.461 e. The Balaban J connectivity index is 2.10. The van der Waals surface area contributed by atoms with Crippen molar-refractivity contribution in [2.24, 2.45) is 0 Å². The van der Waals surface area contributed by atoms with E-state index in [2.05, 4.69) is 6.07 Å². The lowest BCUT2D eigenvalue weighted by atomic mass is 10.1. The highest BCUT2D eigenvalue weighted by atomic mass is 35.5. The molecule has 0 radical (unpaired) electrons. The molecule has 0 amide bonds. The zero-order chi connectivity index (χ0) is 9.54. The van der Waals surface area contributed by atoms with Crippen LogP contribution >= 0.6 is 11.6 Å². The molecule has 2 aromatic rings. The molecule has 1 fully saturated rings. The van der Waals surface area contributed by atoms with Gasteiger partial charge in [-0.25, -0.2) is 0 Å². The predicted molar refractivity (Wildman–Crippen MR) is 54.8 cm³/mol. The number of ether oxygens (including phenoxy) is 1. The number of hydrogen-bond donors (Lipinski definition) is 0. The lowest BCUT2D eigenvalue weighted by Crippen LogP contribution is -2.24. The van der Waals surface area contributed by atoms with Crippen molar-refractivity contribution < 1.29 is 9.15 Å². The number of rotatable bonds is 1.